The first-order valence-corrected chi connectivity index (χ1v) is 12.0. The van der Waals surface area contributed by atoms with E-state index in [4.69, 9.17) is 0 Å². The molecule has 0 fully saturated rings. The monoisotopic (exact) mass is 532 g/mol. The standard InChI is InChI=1S/C27H25BrN4O3/c1-4-18-10-5-6-11-21(18)29-26(34)27(35)31-32-22-13-12-20(28)14-19(22)15-23(32)25(33)30-24-16(2)8-7-9-17(24)3/h5-15H,4H2,1-3H3,(H,29,34)(H,30,33)(H,31,35). The van der Waals surface area contributed by atoms with Crippen molar-refractivity contribution in [2.24, 2.45) is 0 Å². The molecule has 178 valence electrons. The van der Waals surface area contributed by atoms with Crippen molar-refractivity contribution in [2.45, 2.75) is 27.2 Å². The van der Waals surface area contributed by atoms with Crippen molar-refractivity contribution in [1.29, 1.82) is 0 Å². The van der Waals surface area contributed by atoms with E-state index in [0.717, 1.165) is 26.5 Å². The molecule has 8 heteroatoms. The van der Waals surface area contributed by atoms with E-state index in [0.29, 0.717) is 23.3 Å². The summed E-state index contributed by atoms with van der Waals surface area (Å²) >= 11 is 3.44. The maximum absolute atomic E-state index is 13.3. The number of carbonyl (C=O) groups is 3. The molecular formula is C27H25BrN4O3. The predicted molar refractivity (Wildman–Crippen MR) is 142 cm³/mol. The molecule has 4 aromatic rings. The van der Waals surface area contributed by atoms with Gasteiger partial charge in [0.05, 0.1) is 5.52 Å². The second-order valence-electron chi connectivity index (χ2n) is 8.19. The first-order valence-electron chi connectivity index (χ1n) is 11.2. The Morgan fingerprint density at radius 2 is 1.57 bits per heavy atom. The molecule has 35 heavy (non-hydrogen) atoms. The van der Waals surface area contributed by atoms with Crippen LogP contribution in [-0.4, -0.2) is 22.4 Å². The van der Waals surface area contributed by atoms with Crippen LogP contribution in [0.3, 0.4) is 0 Å². The third-order valence-electron chi connectivity index (χ3n) is 5.78. The molecule has 1 aromatic heterocycles. The number of halogens is 1. The number of fused-ring (bicyclic) bond motifs is 1. The lowest BCUT2D eigenvalue weighted by Crippen LogP contribution is -2.36. The fourth-order valence-electron chi connectivity index (χ4n) is 3.94. The maximum Gasteiger partial charge on any atom is 0.328 e. The van der Waals surface area contributed by atoms with Gasteiger partial charge in [0.1, 0.15) is 5.69 Å². The minimum absolute atomic E-state index is 0.191. The topological polar surface area (TPSA) is 92.2 Å². The minimum Gasteiger partial charge on any atom is -0.320 e. The molecule has 0 aliphatic carbocycles. The minimum atomic E-state index is -0.891. The first kappa shape index (κ1) is 24.2. The zero-order chi connectivity index (χ0) is 25.1. The van der Waals surface area contributed by atoms with Gasteiger partial charge in [-0.1, -0.05) is 59.3 Å². The molecular weight excluding hydrogens is 508 g/mol. The number of para-hydroxylation sites is 2. The summed E-state index contributed by atoms with van der Waals surface area (Å²) in [5.41, 5.74) is 7.40. The van der Waals surface area contributed by atoms with Gasteiger partial charge in [-0.15, -0.1) is 0 Å². The van der Waals surface area contributed by atoms with Gasteiger partial charge < -0.3 is 10.6 Å². The van der Waals surface area contributed by atoms with Crippen molar-refractivity contribution < 1.29 is 14.4 Å². The third kappa shape index (κ3) is 5.12. The van der Waals surface area contributed by atoms with Crippen LogP contribution < -0.4 is 16.1 Å². The summed E-state index contributed by atoms with van der Waals surface area (Å²) in [6.45, 7) is 5.79. The van der Waals surface area contributed by atoms with E-state index < -0.39 is 17.7 Å². The van der Waals surface area contributed by atoms with Gasteiger partial charge in [-0.3, -0.25) is 19.8 Å². The number of nitrogens with one attached hydrogen (secondary N) is 3. The smallest absolute Gasteiger partial charge is 0.320 e. The van der Waals surface area contributed by atoms with Crippen molar-refractivity contribution in [3.05, 3.63) is 93.6 Å². The molecule has 3 amide bonds. The summed E-state index contributed by atoms with van der Waals surface area (Å²) in [5.74, 6) is -2.13. The second-order valence-corrected chi connectivity index (χ2v) is 9.11. The lowest BCUT2D eigenvalue weighted by atomic mass is 10.1. The van der Waals surface area contributed by atoms with Gasteiger partial charge in [0, 0.05) is 21.2 Å². The summed E-state index contributed by atoms with van der Waals surface area (Å²) in [6, 6.07) is 20.1. The number of anilines is 2. The van der Waals surface area contributed by atoms with Crippen LogP contribution in [0, 0.1) is 13.8 Å². The Kier molecular flexibility index (Phi) is 7.02. The molecule has 0 saturated heterocycles. The molecule has 3 N–H and O–H groups in total. The lowest BCUT2D eigenvalue weighted by Gasteiger charge is -2.15. The average molecular weight is 533 g/mol. The van der Waals surface area contributed by atoms with Gasteiger partial charge in [0.15, 0.2) is 0 Å². The summed E-state index contributed by atoms with van der Waals surface area (Å²) in [7, 11) is 0. The van der Waals surface area contributed by atoms with Crippen molar-refractivity contribution in [3.63, 3.8) is 0 Å². The quantitative estimate of drug-likeness (QED) is 0.294. The highest BCUT2D eigenvalue weighted by molar-refractivity contribution is 9.10. The summed E-state index contributed by atoms with van der Waals surface area (Å²) in [6.07, 6.45) is 0.706. The van der Waals surface area contributed by atoms with Gasteiger partial charge in [-0.2, -0.15) is 0 Å². The van der Waals surface area contributed by atoms with Crippen LogP contribution in [0.4, 0.5) is 11.4 Å². The van der Waals surface area contributed by atoms with Crippen LogP contribution in [0.25, 0.3) is 10.9 Å². The maximum atomic E-state index is 13.3. The van der Waals surface area contributed by atoms with E-state index in [1.54, 1.807) is 30.3 Å². The molecule has 0 bridgehead atoms. The molecule has 3 aromatic carbocycles. The van der Waals surface area contributed by atoms with Crippen molar-refractivity contribution in [2.75, 3.05) is 16.1 Å². The van der Waals surface area contributed by atoms with E-state index in [1.165, 1.54) is 4.68 Å². The number of hydrogen-bond donors (Lipinski definition) is 3. The summed E-state index contributed by atoms with van der Waals surface area (Å²) in [5, 5.41) is 6.33. The predicted octanol–water partition coefficient (Wildman–Crippen LogP) is 5.54. The Hall–Kier alpha value is -3.91. The van der Waals surface area contributed by atoms with Crippen LogP contribution in [0.15, 0.2) is 71.2 Å². The Morgan fingerprint density at radius 3 is 2.29 bits per heavy atom. The van der Waals surface area contributed by atoms with Gasteiger partial charge in [-0.05, 0) is 67.3 Å². The van der Waals surface area contributed by atoms with Crippen molar-refractivity contribution >= 4 is 55.9 Å². The zero-order valence-electron chi connectivity index (χ0n) is 19.6. The van der Waals surface area contributed by atoms with E-state index in [-0.39, 0.29) is 5.69 Å². The zero-order valence-corrected chi connectivity index (χ0v) is 21.2. The molecule has 0 aliphatic rings. The number of hydrogen-bond acceptors (Lipinski definition) is 3. The van der Waals surface area contributed by atoms with E-state index >= 15 is 0 Å². The Morgan fingerprint density at radius 1 is 0.857 bits per heavy atom. The van der Waals surface area contributed by atoms with Gasteiger partial charge in [0.2, 0.25) is 0 Å². The number of aromatic nitrogens is 1. The fourth-order valence-corrected chi connectivity index (χ4v) is 4.32. The number of aryl methyl sites for hydroxylation is 3. The van der Waals surface area contributed by atoms with Crippen molar-refractivity contribution in [3.8, 4) is 0 Å². The fraction of sp³-hybridized carbons (Fsp3) is 0.148. The van der Waals surface area contributed by atoms with Gasteiger partial charge >= 0.3 is 11.8 Å². The molecule has 0 aliphatic heterocycles. The molecule has 0 atom stereocenters. The molecule has 4 rings (SSSR count). The number of benzene rings is 3. The number of amides is 3. The van der Waals surface area contributed by atoms with Crippen LogP contribution >= 0.6 is 15.9 Å². The molecule has 0 saturated carbocycles. The largest absolute Gasteiger partial charge is 0.328 e. The molecule has 1 heterocycles. The van der Waals surface area contributed by atoms with Gasteiger partial charge in [-0.25, -0.2) is 4.68 Å². The van der Waals surface area contributed by atoms with Crippen molar-refractivity contribution in [1.82, 2.24) is 4.68 Å². The van der Waals surface area contributed by atoms with E-state index in [9.17, 15) is 14.4 Å². The highest BCUT2D eigenvalue weighted by atomic mass is 79.9. The Labute approximate surface area is 211 Å². The Bertz CT molecular complexity index is 1440. The van der Waals surface area contributed by atoms with E-state index in [1.807, 2.05) is 57.2 Å². The van der Waals surface area contributed by atoms with Gasteiger partial charge in [0.25, 0.3) is 5.91 Å². The van der Waals surface area contributed by atoms with Crippen LogP contribution in [0.1, 0.15) is 34.1 Å². The third-order valence-corrected chi connectivity index (χ3v) is 6.28. The van der Waals surface area contributed by atoms with E-state index in [2.05, 4.69) is 32.0 Å². The number of carbonyl (C=O) groups excluding carboxylic acids is 3. The highest BCUT2D eigenvalue weighted by Crippen LogP contribution is 2.25. The highest BCUT2D eigenvalue weighted by Gasteiger charge is 2.22. The molecule has 0 radical (unpaired) electrons. The number of rotatable bonds is 5. The Balaban J connectivity index is 1.66. The number of nitrogens with zero attached hydrogens (tertiary/aromatic N) is 1. The van der Waals surface area contributed by atoms with Crippen LogP contribution in [-0.2, 0) is 16.0 Å². The van der Waals surface area contributed by atoms with Crippen LogP contribution in [0.5, 0.6) is 0 Å². The second kappa shape index (κ2) is 10.1. The van der Waals surface area contributed by atoms with Crippen LogP contribution in [0.2, 0.25) is 0 Å². The lowest BCUT2D eigenvalue weighted by molar-refractivity contribution is -0.133. The normalized spacial score (nSPS) is 10.7. The first-order chi connectivity index (χ1) is 16.8. The summed E-state index contributed by atoms with van der Waals surface area (Å²) in [4.78, 5) is 38.9. The molecule has 7 nitrogen and oxygen atoms in total. The average Bonchev–Trinajstić information content (AvgIpc) is 3.19. The SMILES string of the molecule is CCc1ccccc1NC(=O)C(=O)Nn1c(C(=O)Nc2c(C)cccc2C)cc2cc(Br)ccc21. The molecule has 0 spiro atoms. The summed E-state index contributed by atoms with van der Waals surface area (Å²) < 4.78 is 2.17. The molecule has 0 unspecified atom stereocenters.